The lowest BCUT2D eigenvalue weighted by atomic mass is 9.87. The second-order valence-corrected chi connectivity index (χ2v) is 11.6. The lowest BCUT2D eigenvalue weighted by molar-refractivity contribution is -0.149. The Kier molecular flexibility index (Phi) is 8.94. The van der Waals surface area contributed by atoms with E-state index in [0.29, 0.717) is 19.5 Å². The maximum Gasteiger partial charge on any atom is 0.240 e. The normalized spacial score (nSPS) is 22.6. The van der Waals surface area contributed by atoms with Crippen LogP contribution in [0.5, 0.6) is 5.75 Å². The molecule has 0 aromatic heterocycles. The number of methoxy groups -OCH3 is 1. The number of carbonyl (C=O) groups is 2. The van der Waals surface area contributed by atoms with E-state index in [1.807, 2.05) is 30.9 Å². The molecule has 1 saturated carbocycles. The van der Waals surface area contributed by atoms with Gasteiger partial charge in [-0.2, -0.15) is 0 Å². The molecule has 2 atom stereocenters. The Balaban J connectivity index is 1.50. The van der Waals surface area contributed by atoms with E-state index in [-0.39, 0.29) is 36.5 Å². The minimum Gasteiger partial charge on any atom is -0.497 e. The van der Waals surface area contributed by atoms with E-state index in [2.05, 4.69) is 21.9 Å². The van der Waals surface area contributed by atoms with Gasteiger partial charge < -0.3 is 19.6 Å². The van der Waals surface area contributed by atoms with Crippen LogP contribution in [-0.2, 0) is 16.0 Å². The number of hydrogen-bond acceptors (Lipinski definition) is 5. The summed E-state index contributed by atoms with van der Waals surface area (Å²) in [6, 6.07) is 8.10. The third kappa shape index (κ3) is 6.05. The highest BCUT2D eigenvalue weighted by Gasteiger charge is 2.43. The Labute approximate surface area is 216 Å². The quantitative estimate of drug-likeness (QED) is 0.563. The zero-order valence-corrected chi connectivity index (χ0v) is 22.5. The minimum absolute atomic E-state index is 0.0237. The topological polar surface area (TPSA) is 73.3 Å². The molecule has 2 saturated heterocycles. The van der Waals surface area contributed by atoms with Crippen LogP contribution in [0.15, 0.2) is 24.3 Å². The molecule has 1 aromatic rings. The number of rotatable bonds is 9. The number of benzene rings is 1. The molecule has 2 unspecified atom stereocenters. The van der Waals surface area contributed by atoms with Crippen LogP contribution in [-0.4, -0.2) is 89.6 Å². The number of ether oxygens (including phenoxy) is 1. The highest BCUT2D eigenvalue weighted by Crippen LogP contribution is 2.32. The zero-order chi connectivity index (χ0) is 25.7. The van der Waals surface area contributed by atoms with E-state index in [1.54, 1.807) is 7.11 Å². The largest absolute Gasteiger partial charge is 0.497 e. The lowest BCUT2D eigenvalue weighted by Crippen LogP contribution is -2.55. The Morgan fingerprint density at radius 2 is 1.67 bits per heavy atom. The van der Waals surface area contributed by atoms with Gasteiger partial charge in [0, 0.05) is 19.1 Å². The summed E-state index contributed by atoms with van der Waals surface area (Å²) in [4.78, 5) is 34.0. The van der Waals surface area contributed by atoms with Crippen LogP contribution in [0.3, 0.4) is 0 Å². The predicted molar refractivity (Wildman–Crippen MR) is 141 cm³/mol. The molecule has 3 fully saturated rings. The summed E-state index contributed by atoms with van der Waals surface area (Å²) in [5.74, 6) is 1.04. The van der Waals surface area contributed by atoms with Crippen LogP contribution in [0.4, 0.5) is 0 Å². The van der Waals surface area contributed by atoms with E-state index >= 15 is 0 Å². The first-order chi connectivity index (χ1) is 17.3. The van der Waals surface area contributed by atoms with Crippen LogP contribution < -0.4 is 4.74 Å². The molecule has 1 N–H and O–H groups in total. The number of likely N-dealkylation sites (tertiary alicyclic amines) is 2. The summed E-state index contributed by atoms with van der Waals surface area (Å²) in [5, 5.41) is 9.94. The zero-order valence-electron chi connectivity index (χ0n) is 22.5. The van der Waals surface area contributed by atoms with Crippen molar-refractivity contribution in [2.24, 2.45) is 5.41 Å². The van der Waals surface area contributed by atoms with Crippen LogP contribution in [0.25, 0.3) is 0 Å². The fourth-order valence-electron chi connectivity index (χ4n) is 6.20. The first-order valence-electron chi connectivity index (χ1n) is 13.9. The second-order valence-electron chi connectivity index (χ2n) is 11.6. The molecule has 3 aliphatic rings. The number of aliphatic hydroxyl groups is 1. The Morgan fingerprint density at radius 3 is 2.28 bits per heavy atom. The Bertz CT molecular complexity index is 875. The molecule has 36 heavy (non-hydrogen) atoms. The van der Waals surface area contributed by atoms with Crippen molar-refractivity contribution < 1.29 is 19.4 Å². The van der Waals surface area contributed by atoms with Gasteiger partial charge in [-0.25, -0.2) is 0 Å². The van der Waals surface area contributed by atoms with Crippen molar-refractivity contribution in [1.82, 2.24) is 14.7 Å². The van der Waals surface area contributed by atoms with Crippen LogP contribution in [0.1, 0.15) is 70.8 Å². The molecule has 2 aliphatic heterocycles. The van der Waals surface area contributed by atoms with Crippen LogP contribution >= 0.6 is 0 Å². The molecule has 200 valence electrons. The maximum absolute atomic E-state index is 13.9. The van der Waals surface area contributed by atoms with Crippen molar-refractivity contribution in [3.63, 3.8) is 0 Å². The molecule has 0 radical (unpaired) electrons. The van der Waals surface area contributed by atoms with Crippen molar-refractivity contribution >= 4 is 11.8 Å². The Hall–Kier alpha value is -2.12. The summed E-state index contributed by atoms with van der Waals surface area (Å²) in [6.07, 6.45) is 9.31. The molecule has 0 bridgehead atoms. The number of hydrogen-bond donors (Lipinski definition) is 1. The molecule has 7 heteroatoms. The van der Waals surface area contributed by atoms with E-state index in [1.165, 1.54) is 6.42 Å². The van der Waals surface area contributed by atoms with Gasteiger partial charge in [-0.3, -0.25) is 14.5 Å². The van der Waals surface area contributed by atoms with E-state index in [0.717, 1.165) is 69.3 Å². The summed E-state index contributed by atoms with van der Waals surface area (Å²) in [7, 11) is 1.67. The van der Waals surface area contributed by atoms with Crippen LogP contribution in [0, 0.1) is 5.41 Å². The summed E-state index contributed by atoms with van der Waals surface area (Å²) < 4.78 is 5.30. The van der Waals surface area contributed by atoms with Gasteiger partial charge in [0.25, 0.3) is 0 Å². The van der Waals surface area contributed by atoms with Crippen molar-refractivity contribution in [2.45, 2.75) is 89.8 Å². The molecule has 4 rings (SSSR count). The highest BCUT2D eigenvalue weighted by molar-refractivity contribution is 5.84. The molecular formula is C29H45N3O4. The van der Waals surface area contributed by atoms with Gasteiger partial charge in [-0.05, 0) is 83.2 Å². The molecule has 7 nitrogen and oxygen atoms in total. The Morgan fingerprint density at radius 1 is 1.00 bits per heavy atom. The monoisotopic (exact) mass is 499 g/mol. The lowest BCUT2D eigenvalue weighted by Gasteiger charge is -2.42. The fourth-order valence-corrected chi connectivity index (χ4v) is 6.20. The number of amides is 2. The highest BCUT2D eigenvalue weighted by atomic mass is 16.5. The molecule has 2 heterocycles. The van der Waals surface area contributed by atoms with Gasteiger partial charge in [0.1, 0.15) is 5.75 Å². The first kappa shape index (κ1) is 26.9. The maximum atomic E-state index is 13.9. The second kappa shape index (κ2) is 12.0. The van der Waals surface area contributed by atoms with Crippen molar-refractivity contribution in [3.05, 3.63) is 29.8 Å². The van der Waals surface area contributed by atoms with Crippen molar-refractivity contribution in [3.8, 4) is 5.75 Å². The van der Waals surface area contributed by atoms with E-state index in [9.17, 15) is 14.7 Å². The van der Waals surface area contributed by atoms with Gasteiger partial charge in [-0.15, -0.1) is 0 Å². The van der Waals surface area contributed by atoms with Gasteiger partial charge in [-0.1, -0.05) is 31.4 Å². The average Bonchev–Trinajstić information content (AvgIpc) is 3.61. The number of aliphatic hydroxyl groups excluding tert-OH is 1. The standard InChI is InChI=1S/C29H45N3O4/c1-29(2,21-33)28(35)32(23-9-5-4-6-10-23)24-15-18-31(20-24)27(34)26(30-16-7-8-17-30)19-22-11-13-25(36-3)14-12-22/h11-14,23-24,26,33H,4-10,15-21H2,1-3H3. The molecule has 2 amide bonds. The fraction of sp³-hybridized carbons (Fsp3) is 0.724. The number of nitrogens with zero attached hydrogens (tertiary/aromatic N) is 3. The van der Waals surface area contributed by atoms with Crippen molar-refractivity contribution in [1.29, 1.82) is 0 Å². The smallest absolute Gasteiger partial charge is 0.240 e. The van der Waals surface area contributed by atoms with Gasteiger partial charge in [0.05, 0.1) is 31.2 Å². The molecule has 1 aliphatic carbocycles. The van der Waals surface area contributed by atoms with Gasteiger partial charge in [0.2, 0.25) is 11.8 Å². The van der Waals surface area contributed by atoms with E-state index in [4.69, 9.17) is 4.74 Å². The molecule has 0 spiro atoms. The summed E-state index contributed by atoms with van der Waals surface area (Å²) in [6.45, 7) is 6.70. The summed E-state index contributed by atoms with van der Waals surface area (Å²) in [5.41, 5.74) is 0.335. The summed E-state index contributed by atoms with van der Waals surface area (Å²) >= 11 is 0. The third-order valence-corrected chi connectivity index (χ3v) is 8.50. The van der Waals surface area contributed by atoms with Crippen molar-refractivity contribution in [2.75, 3.05) is 39.9 Å². The van der Waals surface area contributed by atoms with E-state index < -0.39 is 5.41 Å². The van der Waals surface area contributed by atoms with Gasteiger partial charge in [0.15, 0.2) is 0 Å². The minimum atomic E-state index is -0.804. The SMILES string of the molecule is COc1ccc(CC(C(=O)N2CCC(N(C(=O)C(C)(C)CO)C3CCCCC3)C2)N2CCCC2)cc1. The molecule has 1 aromatic carbocycles. The first-order valence-corrected chi connectivity index (χ1v) is 13.9. The average molecular weight is 500 g/mol. The predicted octanol–water partition coefficient (Wildman–Crippen LogP) is 3.48. The number of carbonyl (C=O) groups excluding carboxylic acids is 2. The van der Waals surface area contributed by atoms with Crippen LogP contribution in [0.2, 0.25) is 0 Å². The molecular weight excluding hydrogens is 454 g/mol. The van der Waals surface area contributed by atoms with Gasteiger partial charge >= 0.3 is 0 Å². The third-order valence-electron chi connectivity index (χ3n) is 8.50.